The van der Waals surface area contributed by atoms with Gasteiger partial charge in [-0.05, 0) is 37.0 Å². The Morgan fingerprint density at radius 3 is 2.79 bits per heavy atom. The van der Waals surface area contributed by atoms with E-state index in [1.807, 2.05) is 6.20 Å². The summed E-state index contributed by atoms with van der Waals surface area (Å²) in [7, 11) is 3.18. The van der Waals surface area contributed by atoms with E-state index in [2.05, 4.69) is 10.4 Å². The second-order valence-electron chi connectivity index (χ2n) is 6.13. The number of aliphatic hydroxyl groups is 1. The van der Waals surface area contributed by atoms with Crippen LogP contribution in [0.5, 0.6) is 5.75 Å². The van der Waals surface area contributed by atoms with Crippen molar-refractivity contribution in [3.63, 3.8) is 0 Å². The van der Waals surface area contributed by atoms with Gasteiger partial charge >= 0.3 is 0 Å². The molecule has 1 saturated carbocycles. The van der Waals surface area contributed by atoms with E-state index in [4.69, 9.17) is 4.74 Å². The van der Waals surface area contributed by atoms with E-state index in [0.717, 1.165) is 11.6 Å². The summed E-state index contributed by atoms with van der Waals surface area (Å²) < 4.78 is 20.3. The molecule has 0 unspecified atom stereocenters. The van der Waals surface area contributed by atoms with E-state index >= 15 is 0 Å². The molecule has 1 fully saturated rings. The van der Waals surface area contributed by atoms with E-state index in [9.17, 15) is 14.3 Å². The lowest BCUT2D eigenvalue weighted by molar-refractivity contribution is 0.0235. The molecule has 1 atom stereocenters. The number of aliphatic hydroxyl groups excluding tert-OH is 1. The fourth-order valence-electron chi connectivity index (χ4n) is 3.01. The summed E-state index contributed by atoms with van der Waals surface area (Å²) in [5, 5.41) is 16.6. The van der Waals surface area contributed by atoms with E-state index in [0.29, 0.717) is 12.8 Å². The van der Waals surface area contributed by atoms with Crippen molar-refractivity contribution in [2.45, 2.75) is 25.0 Å². The molecule has 1 aromatic heterocycles. The molecule has 0 aliphatic heterocycles. The number of hydrogen-bond acceptors (Lipinski definition) is 4. The zero-order valence-corrected chi connectivity index (χ0v) is 13.6. The highest BCUT2D eigenvalue weighted by atomic mass is 19.1. The molecule has 128 valence electrons. The summed E-state index contributed by atoms with van der Waals surface area (Å²) in [6, 6.07) is 3.84. The van der Waals surface area contributed by atoms with Gasteiger partial charge in [0.2, 0.25) is 0 Å². The van der Waals surface area contributed by atoms with Crippen molar-refractivity contribution in [2.75, 3.05) is 7.11 Å². The number of aromatic nitrogens is 2. The van der Waals surface area contributed by atoms with E-state index in [1.165, 1.54) is 19.2 Å². The monoisotopic (exact) mass is 333 g/mol. The summed E-state index contributed by atoms with van der Waals surface area (Å²) in [6.45, 7) is 0. The SMILES string of the molecule is COc1ccc(C(=O)N[C@H](c2cnn(C)c2)C2CC(O)C2)cc1F. The van der Waals surface area contributed by atoms with E-state index in [1.54, 1.807) is 17.9 Å². The molecule has 6 nitrogen and oxygen atoms in total. The summed E-state index contributed by atoms with van der Waals surface area (Å²) in [5.41, 5.74) is 1.10. The Labute approximate surface area is 139 Å². The summed E-state index contributed by atoms with van der Waals surface area (Å²) in [4.78, 5) is 12.5. The highest BCUT2D eigenvalue weighted by Gasteiger charge is 2.36. The number of carbonyl (C=O) groups is 1. The molecule has 1 aliphatic rings. The van der Waals surface area contributed by atoms with Gasteiger partial charge < -0.3 is 15.2 Å². The maximum atomic E-state index is 13.8. The molecule has 3 rings (SSSR count). The predicted octanol–water partition coefficient (Wildman–Crippen LogP) is 1.81. The molecular formula is C17H20FN3O3. The van der Waals surface area contributed by atoms with Crippen LogP contribution in [0.15, 0.2) is 30.6 Å². The third-order valence-electron chi connectivity index (χ3n) is 4.41. The Morgan fingerprint density at radius 1 is 1.50 bits per heavy atom. The van der Waals surface area contributed by atoms with Crippen LogP contribution in [0.4, 0.5) is 4.39 Å². The Morgan fingerprint density at radius 2 is 2.25 bits per heavy atom. The van der Waals surface area contributed by atoms with Gasteiger partial charge in [0.25, 0.3) is 5.91 Å². The first kappa shape index (κ1) is 16.4. The third kappa shape index (κ3) is 3.26. The lowest BCUT2D eigenvalue weighted by Gasteiger charge is -2.37. The zero-order chi connectivity index (χ0) is 17.3. The van der Waals surface area contributed by atoms with E-state index in [-0.39, 0.29) is 35.3 Å². The smallest absolute Gasteiger partial charge is 0.251 e. The van der Waals surface area contributed by atoms with Gasteiger partial charge in [0.15, 0.2) is 11.6 Å². The summed E-state index contributed by atoms with van der Waals surface area (Å²) >= 11 is 0. The van der Waals surface area contributed by atoms with Crippen LogP contribution in [-0.2, 0) is 7.05 Å². The van der Waals surface area contributed by atoms with Gasteiger partial charge in [0.05, 0.1) is 25.5 Å². The molecular weight excluding hydrogens is 313 g/mol. The van der Waals surface area contributed by atoms with Crippen LogP contribution in [0, 0.1) is 11.7 Å². The molecule has 1 aromatic carbocycles. The number of aryl methyl sites for hydroxylation is 1. The van der Waals surface area contributed by atoms with Gasteiger partial charge in [-0.3, -0.25) is 9.48 Å². The fourth-order valence-corrected chi connectivity index (χ4v) is 3.01. The maximum absolute atomic E-state index is 13.8. The first-order valence-corrected chi connectivity index (χ1v) is 7.79. The standard InChI is InChI=1S/C17H20FN3O3/c1-21-9-12(8-19-21)16(11-5-13(22)6-11)20-17(23)10-3-4-15(24-2)14(18)7-10/h3-4,7-9,11,13,16,22H,5-6H2,1-2H3,(H,20,23)/t11?,13?,16-/m0/s1. The molecule has 1 aliphatic carbocycles. The molecule has 7 heteroatoms. The molecule has 24 heavy (non-hydrogen) atoms. The lowest BCUT2D eigenvalue weighted by Crippen LogP contribution is -2.41. The average Bonchev–Trinajstić information content (AvgIpc) is 2.96. The number of nitrogens with zero attached hydrogens (tertiary/aromatic N) is 2. The molecule has 1 amide bonds. The Kier molecular flexibility index (Phi) is 4.53. The molecule has 0 saturated heterocycles. The number of halogens is 1. The Hall–Kier alpha value is -2.41. The molecule has 2 N–H and O–H groups in total. The van der Waals surface area contributed by atoms with Crippen LogP contribution in [-0.4, -0.2) is 34.0 Å². The number of amides is 1. The number of carbonyl (C=O) groups excluding carboxylic acids is 1. The first-order valence-electron chi connectivity index (χ1n) is 7.79. The van der Waals surface area contributed by atoms with Crippen LogP contribution in [0.3, 0.4) is 0 Å². The second-order valence-corrected chi connectivity index (χ2v) is 6.13. The van der Waals surface area contributed by atoms with Crippen molar-refractivity contribution in [3.05, 3.63) is 47.5 Å². The largest absolute Gasteiger partial charge is 0.494 e. The molecule has 0 bridgehead atoms. The summed E-state index contributed by atoms with van der Waals surface area (Å²) in [6.07, 6.45) is 4.45. The van der Waals surface area contributed by atoms with Gasteiger partial charge in [-0.15, -0.1) is 0 Å². The summed E-state index contributed by atoms with van der Waals surface area (Å²) in [5.74, 6) is -0.720. The van der Waals surface area contributed by atoms with Crippen molar-refractivity contribution >= 4 is 5.91 Å². The zero-order valence-electron chi connectivity index (χ0n) is 13.6. The van der Waals surface area contributed by atoms with Crippen LogP contribution < -0.4 is 10.1 Å². The van der Waals surface area contributed by atoms with Crippen molar-refractivity contribution in [3.8, 4) is 5.75 Å². The van der Waals surface area contributed by atoms with Crippen molar-refractivity contribution in [1.82, 2.24) is 15.1 Å². The van der Waals surface area contributed by atoms with Gasteiger partial charge in [0, 0.05) is 24.4 Å². The minimum absolute atomic E-state index is 0.0949. The normalized spacial score (nSPS) is 21.0. The molecule has 0 spiro atoms. The second kappa shape index (κ2) is 6.60. The topological polar surface area (TPSA) is 76.4 Å². The molecule has 2 aromatic rings. The van der Waals surface area contributed by atoms with Crippen LogP contribution >= 0.6 is 0 Å². The minimum Gasteiger partial charge on any atom is -0.494 e. The number of methoxy groups -OCH3 is 1. The Balaban J connectivity index is 1.79. The highest BCUT2D eigenvalue weighted by Crippen LogP contribution is 2.38. The minimum atomic E-state index is -0.581. The van der Waals surface area contributed by atoms with Crippen molar-refractivity contribution < 1.29 is 19.0 Å². The number of nitrogens with one attached hydrogen (secondary N) is 1. The third-order valence-corrected chi connectivity index (χ3v) is 4.41. The van der Waals surface area contributed by atoms with Crippen molar-refractivity contribution in [1.29, 1.82) is 0 Å². The predicted molar refractivity (Wildman–Crippen MR) is 85.1 cm³/mol. The van der Waals surface area contributed by atoms with Crippen LogP contribution in [0.1, 0.15) is 34.8 Å². The maximum Gasteiger partial charge on any atom is 0.251 e. The van der Waals surface area contributed by atoms with E-state index < -0.39 is 5.82 Å². The number of ether oxygens (including phenoxy) is 1. The number of hydrogen-bond donors (Lipinski definition) is 2. The lowest BCUT2D eigenvalue weighted by atomic mass is 9.75. The number of benzene rings is 1. The van der Waals surface area contributed by atoms with Gasteiger partial charge in [-0.2, -0.15) is 5.10 Å². The fraction of sp³-hybridized carbons (Fsp3) is 0.412. The van der Waals surface area contributed by atoms with Gasteiger partial charge in [-0.25, -0.2) is 4.39 Å². The Bertz CT molecular complexity index is 740. The first-order chi connectivity index (χ1) is 11.5. The van der Waals surface area contributed by atoms with Crippen molar-refractivity contribution in [2.24, 2.45) is 13.0 Å². The van der Waals surface area contributed by atoms with Gasteiger partial charge in [-0.1, -0.05) is 0 Å². The van der Waals surface area contributed by atoms with Gasteiger partial charge in [0.1, 0.15) is 0 Å². The number of rotatable bonds is 5. The van der Waals surface area contributed by atoms with Crippen LogP contribution in [0.2, 0.25) is 0 Å². The van der Waals surface area contributed by atoms with Crippen LogP contribution in [0.25, 0.3) is 0 Å². The highest BCUT2D eigenvalue weighted by molar-refractivity contribution is 5.94. The molecule has 1 heterocycles. The molecule has 0 radical (unpaired) electrons. The quantitative estimate of drug-likeness (QED) is 0.875. The average molecular weight is 333 g/mol.